The summed E-state index contributed by atoms with van der Waals surface area (Å²) in [5, 5.41) is 0. The second-order valence-electron chi connectivity index (χ2n) is 3.90. The van der Waals surface area contributed by atoms with Gasteiger partial charge in [-0.15, -0.1) is 0 Å². The summed E-state index contributed by atoms with van der Waals surface area (Å²) in [6, 6.07) is 3.80. The molecule has 16 heavy (non-hydrogen) atoms. The first-order chi connectivity index (χ1) is 7.56. The van der Waals surface area contributed by atoms with Crippen LogP contribution in [-0.4, -0.2) is 19.0 Å². The van der Waals surface area contributed by atoms with Gasteiger partial charge in [0.05, 0.1) is 0 Å². The van der Waals surface area contributed by atoms with E-state index in [0.29, 0.717) is 6.61 Å². The van der Waals surface area contributed by atoms with Crippen molar-refractivity contribution in [3.8, 4) is 0 Å². The van der Waals surface area contributed by atoms with E-state index in [1.807, 2.05) is 32.9 Å². The first-order valence-corrected chi connectivity index (χ1v) is 6.23. The van der Waals surface area contributed by atoms with Crippen LogP contribution < -0.4 is 0 Å². The minimum absolute atomic E-state index is 0.0483. The number of rotatable bonds is 5. The summed E-state index contributed by atoms with van der Waals surface area (Å²) < 4.78 is 6.32. The number of carbonyl (C=O) groups is 1. The average Bonchev–Trinajstić information content (AvgIpc) is 2.25. The van der Waals surface area contributed by atoms with Crippen LogP contribution >= 0.6 is 15.9 Å². The van der Waals surface area contributed by atoms with Crippen molar-refractivity contribution in [1.82, 2.24) is 0 Å². The Morgan fingerprint density at radius 3 is 2.38 bits per heavy atom. The van der Waals surface area contributed by atoms with Gasteiger partial charge in [-0.1, -0.05) is 22.9 Å². The Kier molecular flexibility index (Phi) is 5.16. The molecule has 0 aliphatic carbocycles. The monoisotopic (exact) mass is 284 g/mol. The molecular formula is C13H17BrO2. The molecule has 0 aliphatic heterocycles. The van der Waals surface area contributed by atoms with E-state index >= 15 is 0 Å². The molecular weight excluding hydrogens is 268 g/mol. The van der Waals surface area contributed by atoms with Crippen LogP contribution in [0.15, 0.2) is 16.6 Å². The van der Waals surface area contributed by atoms with Crippen LogP contribution in [0.1, 0.15) is 34.8 Å². The van der Waals surface area contributed by atoms with Crippen LogP contribution in [-0.2, 0) is 4.74 Å². The lowest BCUT2D eigenvalue weighted by Crippen LogP contribution is -2.10. The number of hydrogen-bond acceptors (Lipinski definition) is 2. The molecule has 0 radical (unpaired) electrons. The van der Waals surface area contributed by atoms with E-state index in [1.165, 1.54) is 0 Å². The van der Waals surface area contributed by atoms with Crippen LogP contribution in [0.2, 0.25) is 0 Å². The Hall–Kier alpha value is -0.670. The maximum absolute atomic E-state index is 11.8. The molecule has 2 nitrogen and oxygen atoms in total. The zero-order valence-electron chi connectivity index (χ0n) is 9.97. The molecule has 1 aromatic rings. The van der Waals surface area contributed by atoms with Gasteiger partial charge in [0, 0.05) is 16.6 Å². The number of benzene rings is 1. The van der Waals surface area contributed by atoms with Crippen molar-refractivity contribution in [3.05, 3.63) is 33.3 Å². The standard InChI is InChI=1S/C13H17BrO2/c1-4-5-16-8-12(15)11-6-9(2)13(14)10(3)7-11/h6-7H,4-5,8H2,1-3H3. The molecule has 0 amide bonds. The Bertz CT molecular complexity index is 363. The Morgan fingerprint density at radius 2 is 1.88 bits per heavy atom. The van der Waals surface area contributed by atoms with E-state index in [-0.39, 0.29) is 12.4 Å². The highest BCUT2D eigenvalue weighted by Crippen LogP contribution is 2.22. The van der Waals surface area contributed by atoms with E-state index in [2.05, 4.69) is 15.9 Å². The molecule has 3 heteroatoms. The van der Waals surface area contributed by atoms with Gasteiger partial charge < -0.3 is 4.74 Å². The summed E-state index contributed by atoms with van der Waals surface area (Å²) in [6.45, 7) is 6.81. The van der Waals surface area contributed by atoms with Gasteiger partial charge in [-0.2, -0.15) is 0 Å². The lowest BCUT2D eigenvalue weighted by Gasteiger charge is -2.07. The molecule has 0 fully saturated rings. The Balaban J connectivity index is 2.76. The van der Waals surface area contributed by atoms with E-state index in [4.69, 9.17) is 4.74 Å². The maximum Gasteiger partial charge on any atom is 0.188 e. The number of hydrogen-bond donors (Lipinski definition) is 0. The second kappa shape index (κ2) is 6.16. The molecule has 0 saturated carbocycles. The van der Waals surface area contributed by atoms with Crippen molar-refractivity contribution in [2.45, 2.75) is 27.2 Å². The van der Waals surface area contributed by atoms with Gasteiger partial charge in [-0.25, -0.2) is 0 Å². The highest BCUT2D eigenvalue weighted by Gasteiger charge is 2.09. The third-order valence-corrected chi connectivity index (χ3v) is 3.59. The normalized spacial score (nSPS) is 10.5. The van der Waals surface area contributed by atoms with Crippen LogP contribution in [0.3, 0.4) is 0 Å². The Labute approximate surface area is 105 Å². The minimum Gasteiger partial charge on any atom is -0.373 e. The van der Waals surface area contributed by atoms with Crippen molar-refractivity contribution in [3.63, 3.8) is 0 Å². The molecule has 0 aromatic heterocycles. The van der Waals surface area contributed by atoms with Gasteiger partial charge in [0.2, 0.25) is 0 Å². The number of ketones is 1. The fraction of sp³-hybridized carbons (Fsp3) is 0.462. The van der Waals surface area contributed by atoms with Gasteiger partial charge in [0.15, 0.2) is 5.78 Å². The highest BCUT2D eigenvalue weighted by atomic mass is 79.9. The van der Waals surface area contributed by atoms with Crippen molar-refractivity contribution in [1.29, 1.82) is 0 Å². The molecule has 0 heterocycles. The zero-order valence-corrected chi connectivity index (χ0v) is 11.6. The number of Topliss-reactive ketones (excluding diaryl/α,β-unsaturated/α-hetero) is 1. The third kappa shape index (κ3) is 3.42. The minimum atomic E-state index is 0.0483. The van der Waals surface area contributed by atoms with Gasteiger partial charge >= 0.3 is 0 Å². The molecule has 0 bridgehead atoms. The summed E-state index contributed by atoms with van der Waals surface area (Å²) in [7, 11) is 0. The zero-order chi connectivity index (χ0) is 12.1. The molecule has 88 valence electrons. The summed E-state index contributed by atoms with van der Waals surface area (Å²) in [5.74, 6) is 0.0483. The molecule has 0 unspecified atom stereocenters. The fourth-order valence-corrected chi connectivity index (χ4v) is 1.73. The van der Waals surface area contributed by atoms with Gasteiger partial charge in [0.1, 0.15) is 6.61 Å². The summed E-state index contributed by atoms with van der Waals surface area (Å²) in [5.41, 5.74) is 2.90. The predicted molar refractivity (Wildman–Crippen MR) is 69.1 cm³/mol. The molecule has 0 atom stereocenters. The van der Waals surface area contributed by atoms with E-state index in [0.717, 1.165) is 27.6 Å². The number of aryl methyl sites for hydroxylation is 2. The van der Waals surface area contributed by atoms with Gasteiger partial charge in [0.25, 0.3) is 0 Å². The fourth-order valence-electron chi connectivity index (χ4n) is 1.50. The van der Waals surface area contributed by atoms with Crippen molar-refractivity contribution in [2.24, 2.45) is 0 Å². The summed E-state index contributed by atoms with van der Waals surface area (Å²) >= 11 is 3.48. The quantitative estimate of drug-likeness (QED) is 0.609. The van der Waals surface area contributed by atoms with Crippen LogP contribution in [0, 0.1) is 13.8 Å². The van der Waals surface area contributed by atoms with E-state index < -0.39 is 0 Å². The highest BCUT2D eigenvalue weighted by molar-refractivity contribution is 9.10. The molecule has 0 N–H and O–H groups in total. The smallest absolute Gasteiger partial charge is 0.188 e. The lowest BCUT2D eigenvalue weighted by atomic mass is 10.0. The first-order valence-electron chi connectivity index (χ1n) is 5.44. The number of halogens is 1. The number of carbonyl (C=O) groups excluding carboxylic acids is 1. The van der Waals surface area contributed by atoms with E-state index in [1.54, 1.807) is 0 Å². The largest absolute Gasteiger partial charge is 0.373 e. The molecule has 0 saturated heterocycles. The second-order valence-corrected chi connectivity index (χ2v) is 4.69. The van der Waals surface area contributed by atoms with Crippen LogP contribution in [0.4, 0.5) is 0 Å². The molecule has 1 rings (SSSR count). The Morgan fingerprint density at radius 1 is 1.31 bits per heavy atom. The van der Waals surface area contributed by atoms with Crippen molar-refractivity contribution >= 4 is 21.7 Å². The van der Waals surface area contributed by atoms with Crippen molar-refractivity contribution in [2.75, 3.05) is 13.2 Å². The first kappa shape index (κ1) is 13.4. The molecule has 1 aromatic carbocycles. The van der Waals surface area contributed by atoms with Crippen LogP contribution in [0.5, 0.6) is 0 Å². The van der Waals surface area contributed by atoms with Crippen molar-refractivity contribution < 1.29 is 9.53 Å². The molecule has 0 spiro atoms. The summed E-state index contributed by atoms with van der Waals surface area (Å²) in [6.07, 6.45) is 0.936. The maximum atomic E-state index is 11.8. The SMILES string of the molecule is CCCOCC(=O)c1cc(C)c(Br)c(C)c1. The van der Waals surface area contributed by atoms with Gasteiger partial charge in [-0.05, 0) is 43.5 Å². The average molecular weight is 285 g/mol. The predicted octanol–water partition coefficient (Wildman–Crippen LogP) is 3.68. The lowest BCUT2D eigenvalue weighted by molar-refractivity contribution is 0.0761. The molecule has 0 aliphatic rings. The third-order valence-electron chi connectivity index (χ3n) is 2.34. The summed E-state index contributed by atoms with van der Waals surface area (Å²) in [4.78, 5) is 11.8. The van der Waals surface area contributed by atoms with Gasteiger partial charge in [-0.3, -0.25) is 4.79 Å². The number of ether oxygens (including phenoxy) is 1. The van der Waals surface area contributed by atoms with E-state index in [9.17, 15) is 4.79 Å². The topological polar surface area (TPSA) is 26.3 Å². The van der Waals surface area contributed by atoms with Crippen LogP contribution in [0.25, 0.3) is 0 Å².